The predicted molar refractivity (Wildman–Crippen MR) is 67.8 cm³/mol. The van der Waals surface area contributed by atoms with Crippen molar-refractivity contribution in [1.82, 2.24) is 0 Å². The standard InChI is InChI=1S/C8H3IN2O10/c12-7(13)2-1-3(10(18)19)4(8(14)15)6(11(20)21)5(2)9(16)17/h1H,(H,12,13)(H,14,15). The van der Waals surface area contributed by atoms with Crippen LogP contribution in [0.5, 0.6) is 0 Å². The van der Waals surface area contributed by atoms with E-state index in [1.165, 1.54) is 0 Å². The first-order valence-corrected chi connectivity index (χ1v) is 7.45. The average Bonchev–Trinajstić information content (AvgIpc) is 2.34. The summed E-state index contributed by atoms with van der Waals surface area (Å²) < 4.78 is 20.9. The molecule has 1 aromatic rings. The number of carboxylic acids is 2. The van der Waals surface area contributed by atoms with Gasteiger partial charge in [-0.2, -0.15) is 0 Å². The fraction of sp³-hybridized carbons (Fsp3) is 0. The smallest absolute Gasteiger partial charge is 0.349 e. The Bertz CT molecular complexity index is 757. The van der Waals surface area contributed by atoms with Gasteiger partial charge in [0.2, 0.25) is 5.56 Å². The van der Waals surface area contributed by atoms with Crippen LogP contribution in [0.15, 0.2) is 6.07 Å². The summed E-state index contributed by atoms with van der Waals surface area (Å²) in [4.78, 5) is 40.7. The Morgan fingerprint density at radius 2 is 1.57 bits per heavy atom. The molecule has 21 heavy (non-hydrogen) atoms. The van der Waals surface area contributed by atoms with Crippen LogP contribution in [-0.2, 0) is 6.14 Å². The minimum absolute atomic E-state index is 0.175. The Kier molecular flexibility index (Phi) is 4.46. The summed E-state index contributed by atoms with van der Waals surface area (Å²) in [7, 11) is 0. The van der Waals surface area contributed by atoms with E-state index >= 15 is 0 Å². The van der Waals surface area contributed by atoms with Crippen LogP contribution in [0.3, 0.4) is 0 Å². The highest BCUT2D eigenvalue weighted by atomic mass is 127. The Morgan fingerprint density at radius 3 is 1.86 bits per heavy atom. The maximum Gasteiger partial charge on any atom is 0.349 e. The zero-order chi connectivity index (χ0) is 16.5. The van der Waals surface area contributed by atoms with Crippen LogP contribution in [-0.4, -0.2) is 32.0 Å². The second-order valence-corrected chi connectivity index (χ2v) is 5.64. The second-order valence-electron chi connectivity index (χ2n) is 3.32. The van der Waals surface area contributed by atoms with E-state index in [2.05, 4.69) is 0 Å². The Hall–Kier alpha value is -2.71. The van der Waals surface area contributed by atoms with Crippen LogP contribution in [0.25, 0.3) is 0 Å². The second kappa shape index (κ2) is 5.73. The van der Waals surface area contributed by atoms with Gasteiger partial charge in [-0.25, -0.2) is 15.7 Å². The van der Waals surface area contributed by atoms with Crippen molar-refractivity contribution in [3.8, 4) is 0 Å². The van der Waals surface area contributed by atoms with Gasteiger partial charge in [0.25, 0.3) is 5.69 Å². The molecule has 2 N–H and O–H groups in total. The molecule has 0 aliphatic rings. The summed E-state index contributed by atoms with van der Waals surface area (Å²) in [6.45, 7) is 0. The van der Waals surface area contributed by atoms with Gasteiger partial charge in [0.15, 0.2) is 3.57 Å². The lowest BCUT2D eigenvalue weighted by atomic mass is 10.1. The number of nitro benzene ring substituents is 2. The van der Waals surface area contributed by atoms with E-state index in [1.807, 2.05) is 0 Å². The number of rotatable bonds is 5. The molecular weight excluding hydrogens is 411 g/mol. The molecule has 0 aromatic heterocycles. The molecule has 0 unspecified atom stereocenters. The van der Waals surface area contributed by atoms with Crippen LogP contribution >= 0.6 is 19.8 Å². The van der Waals surface area contributed by atoms with Gasteiger partial charge < -0.3 is 10.2 Å². The zero-order valence-corrected chi connectivity index (χ0v) is 11.7. The van der Waals surface area contributed by atoms with Crippen LogP contribution in [0, 0.1) is 23.8 Å². The minimum Gasteiger partial charge on any atom is -0.478 e. The molecule has 0 saturated carbocycles. The van der Waals surface area contributed by atoms with Gasteiger partial charge in [0.05, 0.1) is 15.4 Å². The van der Waals surface area contributed by atoms with E-state index in [0.717, 1.165) is 0 Å². The van der Waals surface area contributed by atoms with Crippen molar-refractivity contribution in [1.29, 1.82) is 0 Å². The molecule has 1 aromatic carbocycles. The summed E-state index contributed by atoms with van der Waals surface area (Å²) in [5.41, 5.74) is -5.70. The minimum atomic E-state index is -4.83. The van der Waals surface area contributed by atoms with E-state index < -0.39 is 67.7 Å². The third-order valence-electron chi connectivity index (χ3n) is 2.20. The molecule has 0 spiro atoms. The highest BCUT2D eigenvalue weighted by Gasteiger charge is 2.40. The maximum absolute atomic E-state index is 11.1. The van der Waals surface area contributed by atoms with Gasteiger partial charge in [0, 0.05) is 6.07 Å². The van der Waals surface area contributed by atoms with Gasteiger partial charge >= 0.3 is 37.4 Å². The van der Waals surface area contributed by atoms with Gasteiger partial charge in [-0.3, -0.25) is 20.2 Å². The third kappa shape index (κ3) is 2.91. The van der Waals surface area contributed by atoms with Crippen molar-refractivity contribution in [2.45, 2.75) is 0 Å². The van der Waals surface area contributed by atoms with E-state index in [0.29, 0.717) is 0 Å². The number of halogens is 1. The molecule has 0 fully saturated rings. The third-order valence-corrected chi connectivity index (χ3v) is 4.17. The van der Waals surface area contributed by atoms with E-state index in [9.17, 15) is 36.0 Å². The normalized spacial score (nSPS) is 10.3. The van der Waals surface area contributed by atoms with Crippen LogP contribution in [0.2, 0.25) is 0 Å². The summed E-state index contributed by atoms with van der Waals surface area (Å²) >= 11 is -4.83. The van der Waals surface area contributed by atoms with Crippen LogP contribution < -0.4 is 0 Å². The van der Waals surface area contributed by atoms with Gasteiger partial charge in [-0.1, -0.05) is 0 Å². The lowest BCUT2D eigenvalue weighted by Crippen LogP contribution is -2.13. The maximum atomic E-state index is 11.1. The highest BCUT2D eigenvalue weighted by molar-refractivity contribution is 14.2. The van der Waals surface area contributed by atoms with Gasteiger partial charge in [-0.05, 0) is 0 Å². The number of benzene rings is 1. The molecule has 13 heteroatoms. The number of hydrogen-bond donors (Lipinski definition) is 2. The number of nitro groups is 2. The molecule has 0 saturated heterocycles. The van der Waals surface area contributed by atoms with Crippen molar-refractivity contribution in [2.75, 3.05) is 0 Å². The van der Waals surface area contributed by atoms with Crippen molar-refractivity contribution in [3.05, 3.63) is 41.0 Å². The largest absolute Gasteiger partial charge is 0.478 e. The lowest BCUT2D eigenvalue weighted by molar-refractivity contribution is -0.395. The number of nitrogens with zero attached hydrogens (tertiary/aromatic N) is 2. The van der Waals surface area contributed by atoms with E-state index in [-0.39, 0.29) is 6.07 Å². The Labute approximate surface area is 120 Å². The van der Waals surface area contributed by atoms with Gasteiger partial charge in [0.1, 0.15) is 0 Å². The Balaban J connectivity index is 4.18. The number of aromatic carboxylic acids is 2. The Morgan fingerprint density at radius 1 is 1.05 bits per heavy atom. The number of carboxylic acid groups (broad SMARTS) is 2. The molecule has 0 bridgehead atoms. The molecular formula is C8H3IN2O10. The molecule has 0 atom stereocenters. The summed E-state index contributed by atoms with van der Waals surface area (Å²) in [5.74, 6) is -4.09. The first-order chi connectivity index (χ1) is 9.59. The van der Waals surface area contributed by atoms with Gasteiger partial charge in [-0.15, -0.1) is 0 Å². The highest BCUT2D eigenvalue weighted by Crippen LogP contribution is 2.39. The van der Waals surface area contributed by atoms with Crippen LogP contribution in [0.4, 0.5) is 11.4 Å². The monoisotopic (exact) mass is 414 g/mol. The molecule has 0 aliphatic heterocycles. The fourth-order valence-corrected chi connectivity index (χ4v) is 3.21. The summed E-state index contributed by atoms with van der Waals surface area (Å²) in [6.07, 6.45) is 0. The number of carbonyl (C=O) groups is 2. The molecule has 12 nitrogen and oxygen atoms in total. The van der Waals surface area contributed by atoms with Crippen molar-refractivity contribution in [3.63, 3.8) is 0 Å². The molecule has 0 amide bonds. The van der Waals surface area contributed by atoms with Crippen LogP contribution in [0.1, 0.15) is 20.7 Å². The summed E-state index contributed by atoms with van der Waals surface area (Å²) in [6, 6.07) is 0.175. The van der Waals surface area contributed by atoms with Crippen molar-refractivity contribution < 1.29 is 35.8 Å². The first-order valence-electron chi connectivity index (χ1n) is 4.61. The zero-order valence-electron chi connectivity index (χ0n) is 9.51. The lowest BCUT2D eigenvalue weighted by Gasteiger charge is -2.04. The molecule has 0 heterocycles. The fourth-order valence-electron chi connectivity index (χ4n) is 1.47. The number of hydrogen-bond acceptors (Lipinski definition) is 8. The van der Waals surface area contributed by atoms with E-state index in [1.54, 1.807) is 0 Å². The SMILES string of the molecule is O=C(O)c1cc([N+](=O)[O-])c(C(=O)O)c([N+](=O)[O-])c1I(=O)=O. The molecule has 1 rings (SSSR count). The summed E-state index contributed by atoms with van der Waals surface area (Å²) in [5, 5.41) is 39.3. The predicted octanol–water partition coefficient (Wildman–Crippen LogP) is 1.27. The molecule has 0 aliphatic carbocycles. The topological polar surface area (TPSA) is 195 Å². The average molecular weight is 414 g/mol. The van der Waals surface area contributed by atoms with Crippen molar-refractivity contribution in [2.24, 2.45) is 0 Å². The quantitative estimate of drug-likeness (QED) is 0.402. The van der Waals surface area contributed by atoms with E-state index in [4.69, 9.17) is 10.2 Å². The van der Waals surface area contributed by atoms with Crippen molar-refractivity contribution >= 4 is 43.1 Å². The molecule has 112 valence electrons. The first kappa shape index (κ1) is 16.3. The molecule has 0 radical (unpaired) electrons.